The van der Waals surface area contributed by atoms with Gasteiger partial charge in [0.2, 0.25) is 0 Å². The highest BCUT2D eigenvalue weighted by Crippen LogP contribution is 2.27. The number of rotatable bonds is 1. The molecule has 5 heteroatoms. The molecule has 3 rings (SSSR count). The summed E-state index contributed by atoms with van der Waals surface area (Å²) in [4.78, 5) is 14.4. The number of hydrogen-bond donors (Lipinski definition) is 1. The summed E-state index contributed by atoms with van der Waals surface area (Å²) in [5.74, 6) is 0.376. The average Bonchev–Trinajstić information content (AvgIpc) is 2.82. The maximum absolute atomic E-state index is 12.6. The molecule has 1 N–H and O–H groups in total. The second kappa shape index (κ2) is 5.22. The Morgan fingerprint density at radius 1 is 1.35 bits per heavy atom. The first-order chi connectivity index (χ1) is 9.54. The summed E-state index contributed by atoms with van der Waals surface area (Å²) < 4.78 is 6.60. The number of furan rings is 1. The third kappa shape index (κ3) is 2.47. The van der Waals surface area contributed by atoms with E-state index in [2.05, 4.69) is 35.1 Å². The maximum atomic E-state index is 12.6. The van der Waals surface area contributed by atoms with Crippen molar-refractivity contribution in [2.24, 2.45) is 0 Å². The molecule has 0 bridgehead atoms. The van der Waals surface area contributed by atoms with Crippen molar-refractivity contribution in [3.05, 3.63) is 34.5 Å². The van der Waals surface area contributed by atoms with Crippen LogP contribution in [0.3, 0.4) is 0 Å². The van der Waals surface area contributed by atoms with Crippen molar-refractivity contribution in [3.8, 4) is 0 Å². The third-order valence-electron chi connectivity index (χ3n) is 3.55. The van der Waals surface area contributed by atoms with E-state index >= 15 is 0 Å². The van der Waals surface area contributed by atoms with Crippen LogP contribution in [0.25, 0.3) is 11.0 Å². The lowest BCUT2D eigenvalue weighted by Crippen LogP contribution is -2.55. The van der Waals surface area contributed by atoms with Crippen molar-refractivity contribution in [1.29, 1.82) is 0 Å². The summed E-state index contributed by atoms with van der Waals surface area (Å²) in [6.07, 6.45) is 0. The first kappa shape index (κ1) is 13.6. The molecule has 2 atom stereocenters. The number of fused-ring (bicyclic) bond motifs is 1. The quantitative estimate of drug-likeness (QED) is 0.870. The van der Waals surface area contributed by atoms with Gasteiger partial charge in [-0.2, -0.15) is 0 Å². The van der Waals surface area contributed by atoms with Gasteiger partial charge in [-0.25, -0.2) is 0 Å². The molecule has 0 radical (unpaired) electrons. The van der Waals surface area contributed by atoms with Gasteiger partial charge in [0, 0.05) is 30.6 Å². The van der Waals surface area contributed by atoms with E-state index in [-0.39, 0.29) is 5.91 Å². The second-order valence-electron chi connectivity index (χ2n) is 5.45. The molecule has 106 valence electrons. The van der Waals surface area contributed by atoms with Crippen LogP contribution in [0.1, 0.15) is 24.4 Å². The predicted molar refractivity (Wildman–Crippen MR) is 81.9 cm³/mol. The molecule has 1 aliphatic heterocycles. The van der Waals surface area contributed by atoms with Gasteiger partial charge < -0.3 is 14.6 Å². The number of nitrogens with zero attached hydrogens (tertiary/aromatic N) is 1. The molecule has 2 aromatic rings. The number of para-hydroxylation sites is 1. The van der Waals surface area contributed by atoms with E-state index in [0.29, 0.717) is 30.9 Å². The highest BCUT2D eigenvalue weighted by Gasteiger charge is 2.27. The summed E-state index contributed by atoms with van der Waals surface area (Å²) in [5, 5.41) is 4.36. The Morgan fingerprint density at radius 2 is 2.05 bits per heavy atom. The number of benzene rings is 1. The SMILES string of the molecule is CC1CN(C(=O)c2cc3cccc(Br)c3o2)CC(C)N1. The van der Waals surface area contributed by atoms with Crippen LogP contribution in [0.2, 0.25) is 0 Å². The number of hydrogen-bond acceptors (Lipinski definition) is 3. The van der Waals surface area contributed by atoms with Crippen molar-refractivity contribution in [2.75, 3.05) is 13.1 Å². The van der Waals surface area contributed by atoms with Gasteiger partial charge in [-0.15, -0.1) is 0 Å². The minimum absolute atomic E-state index is 0.0340. The van der Waals surface area contributed by atoms with Crippen molar-refractivity contribution < 1.29 is 9.21 Å². The van der Waals surface area contributed by atoms with Crippen LogP contribution in [0, 0.1) is 0 Å². The number of piperazine rings is 1. The average molecular weight is 337 g/mol. The van der Waals surface area contributed by atoms with E-state index in [0.717, 1.165) is 15.4 Å². The van der Waals surface area contributed by atoms with Crippen molar-refractivity contribution >= 4 is 32.8 Å². The summed E-state index contributed by atoms with van der Waals surface area (Å²) in [6, 6.07) is 8.22. The largest absolute Gasteiger partial charge is 0.450 e. The molecule has 0 saturated carbocycles. The van der Waals surface area contributed by atoms with Gasteiger partial charge in [-0.05, 0) is 41.9 Å². The molecular formula is C15H17BrN2O2. The number of carbonyl (C=O) groups excluding carboxylic acids is 1. The lowest BCUT2D eigenvalue weighted by molar-refractivity contribution is 0.0644. The molecule has 20 heavy (non-hydrogen) atoms. The van der Waals surface area contributed by atoms with Crippen LogP contribution >= 0.6 is 15.9 Å². The number of halogens is 1. The zero-order valence-electron chi connectivity index (χ0n) is 11.5. The fraction of sp³-hybridized carbons (Fsp3) is 0.400. The predicted octanol–water partition coefficient (Wildman–Crippen LogP) is 3.02. The van der Waals surface area contributed by atoms with E-state index in [4.69, 9.17) is 4.42 Å². The standard InChI is InChI=1S/C15H17BrN2O2/c1-9-7-18(8-10(2)17-9)15(19)13-6-11-4-3-5-12(16)14(11)20-13/h3-6,9-10,17H,7-8H2,1-2H3. The molecular weight excluding hydrogens is 320 g/mol. The lowest BCUT2D eigenvalue weighted by Gasteiger charge is -2.35. The molecule has 1 aromatic carbocycles. The van der Waals surface area contributed by atoms with Gasteiger partial charge in [-0.3, -0.25) is 4.79 Å². The zero-order valence-corrected chi connectivity index (χ0v) is 13.1. The fourth-order valence-corrected chi connectivity index (χ4v) is 3.24. The van der Waals surface area contributed by atoms with E-state index in [1.807, 2.05) is 29.2 Å². The third-order valence-corrected chi connectivity index (χ3v) is 4.18. The molecule has 1 aliphatic rings. The van der Waals surface area contributed by atoms with Crippen LogP contribution < -0.4 is 5.32 Å². The topological polar surface area (TPSA) is 45.5 Å². The van der Waals surface area contributed by atoms with Gasteiger partial charge in [0.05, 0.1) is 4.47 Å². The molecule has 2 unspecified atom stereocenters. The number of carbonyl (C=O) groups is 1. The maximum Gasteiger partial charge on any atom is 0.289 e. The Hall–Kier alpha value is -1.33. The monoisotopic (exact) mass is 336 g/mol. The minimum Gasteiger partial charge on any atom is -0.450 e. The van der Waals surface area contributed by atoms with Crippen LogP contribution in [-0.4, -0.2) is 36.0 Å². The van der Waals surface area contributed by atoms with Crippen molar-refractivity contribution in [1.82, 2.24) is 10.2 Å². The van der Waals surface area contributed by atoms with Gasteiger partial charge in [0.25, 0.3) is 5.91 Å². The second-order valence-corrected chi connectivity index (χ2v) is 6.30. The van der Waals surface area contributed by atoms with E-state index in [9.17, 15) is 4.79 Å². The van der Waals surface area contributed by atoms with E-state index in [1.165, 1.54) is 0 Å². The van der Waals surface area contributed by atoms with Crippen LogP contribution in [0.15, 0.2) is 33.2 Å². The van der Waals surface area contributed by atoms with Crippen LogP contribution in [-0.2, 0) is 0 Å². The smallest absolute Gasteiger partial charge is 0.289 e. The fourth-order valence-electron chi connectivity index (χ4n) is 2.78. The highest BCUT2D eigenvalue weighted by atomic mass is 79.9. The Kier molecular flexibility index (Phi) is 3.56. The first-order valence-electron chi connectivity index (χ1n) is 6.78. The molecule has 0 spiro atoms. The summed E-state index contributed by atoms with van der Waals surface area (Å²) >= 11 is 3.45. The Balaban J connectivity index is 1.90. The first-order valence-corrected chi connectivity index (χ1v) is 7.57. The van der Waals surface area contributed by atoms with Crippen LogP contribution in [0.5, 0.6) is 0 Å². The molecule has 2 heterocycles. The lowest BCUT2D eigenvalue weighted by atomic mass is 10.1. The molecule has 1 aromatic heterocycles. The highest BCUT2D eigenvalue weighted by molar-refractivity contribution is 9.10. The molecule has 1 amide bonds. The van der Waals surface area contributed by atoms with Gasteiger partial charge >= 0.3 is 0 Å². The van der Waals surface area contributed by atoms with E-state index in [1.54, 1.807) is 0 Å². The number of nitrogens with one attached hydrogen (secondary N) is 1. The minimum atomic E-state index is -0.0340. The van der Waals surface area contributed by atoms with Gasteiger partial charge in [0.15, 0.2) is 5.76 Å². The Bertz CT molecular complexity index is 642. The van der Waals surface area contributed by atoms with Gasteiger partial charge in [0.1, 0.15) is 5.58 Å². The molecule has 1 fully saturated rings. The van der Waals surface area contributed by atoms with E-state index < -0.39 is 0 Å². The Labute approximate surface area is 126 Å². The number of amides is 1. The van der Waals surface area contributed by atoms with Crippen molar-refractivity contribution in [3.63, 3.8) is 0 Å². The van der Waals surface area contributed by atoms with Gasteiger partial charge in [-0.1, -0.05) is 12.1 Å². The normalized spacial score (nSPS) is 23.2. The molecule has 4 nitrogen and oxygen atoms in total. The Morgan fingerprint density at radius 3 is 2.70 bits per heavy atom. The summed E-state index contributed by atoms with van der Waals surface area (Å²) in [7, 11) is 0. The summed E-state index contributed by atoms with van der Waals surface area (Å²) in [5.41, 5.74) is 0.729. The summed E-state index contributed by atoms with van der Waals surface area (Å²) in [6.45, 7) is 5.60. The van der Waals surface area contributed by atoms with Crippen LogP contribution in [0.4, 0.5) is 0 Å². The van der Waals surface area contributed by atoms with Crippen molar-refractivity contribution in [2.45, 2.75) is 25.9 Å². The molecule has 1 saturated heterocycles. The molecule has 0 aliphatic carbocycles. The zero-order chi connectivity index (χ0) is 14.3.